The predicted octanol–water partition coefficient (Wildman–Crippen LogP) is 3.18. The van der Waals surface area contributed by atoms with E-state index in [1.165, 1.54) is 12.1 Å². The molecule has 3 aromatic rings. The van der Waals surface area contributed by atoms with Gasteiger partial charge in [-0.15, -0.1) is 0 Å². The number of hydrogen-bond donors (Lipinski definition) is 5. The third-order valence-electron chi connectivity index (χ3n) is 8.33. The van der Waals surface area contributed by atoms with E-state index < -0.39 is 18.0 Å². The molecule has 2 heterocycles. The Labute approximate surface area is 320 Å². The van der Waals surface area contributed by atoms with Gasteiger partial charge in [0.15, 0.2) is 0 Å². The van der Waals surface area contributed by atoms with Crippen molar-refractivity contribution in [1.82, 2.24) is 25.1 Å². The number of carbonyl (C=O) groups is 3. The van der Waals surface area contributed by atoms with Gasteiger partial charge in [-0.1, -0.05) is 37.1 Å². The van der Waals surface area contributed by atoms with E-state index >= 15 is 0 Å². The first-order chi connectivity index (χ1) is 26.3. The van der Waals surface area contributed by atoms with Crippen molar-refractivity contribution in [1.29, 1.82) is 0 Å². The zero-order chi connectivity index (χ0) is 39.0. The number of nitrogens with zero attached hydrogens (tertiary/aromatic N) is 5. The first-order valence-electron chi connectivity index (χ1n) is 17.9. The van der Waals surface area contributed by atoms with Crippen molar-refractivity contribution in [2.75, 3.05) is 78.9 Å². The van der Waals surface area contributed by atoms with E-state index in [1.807, 2.05) is 21.9 Å². The minimum absolute atomic E-state index is 0.0417. The largest absolute Gasteiger partial charge is 0.477 e. The molecule has 292 valence electrons. The molecule has 0 radical (unpaired) electrons. The number of pyridine rings is 2. The van der Waals surface area contributed by atoms with Crippen LogP contribution in [0.1, 0.15) is 80.0 Å². The highest BCUT2D eigenvalue weighted by atomic mass is 32.1. The fraction of sp³-hybridized carbons (Fsp3) is 0.474. The van der Waals surface area contributed by atoms with Gasteiger partial charge in [-0.25, -0.2) is 24.5 Å². The number of aliphatic hydroxyl groups is 2. The van der Waals surface area contributed by atoms with Gasteiger partial charge >= 0.3 is 11.9 Å². The number of rotatable bonds is 28. The zero-order valence-corrected chi connectivity index (χ0v) is 31.2. The zero-order valence-electron chi connectivity index (χ0n) is 30.3. The van der Waals surface area contributed by atoms with Crippen molar-refractivity contribution in [2.45, 2.75) is 38.3 Å². The van der Waals surface area contributed by atoms with Gasteiger partial charge in [-0.3, -0.25) is 14.6 Å². The molecule has 0 saturated carbocycles. The number of carbonyl (C=O) groups excluding carboxylic acids is 1. The molecule has 3 rings (SSSR count). The maximum atomic E-state index is 12.8. The fourth-order valence-corrected chi connectivity index (χ4v) is 5.74. The molecule has 0 saturated heterocycles. The van der Waals surface area contributed by atoms with Gasteiger partial charge in [-0.2, -0.15) is 0 Å². The van der Waals surface area contributed by atoms with Crippen molar-refractivity contribution in [2.24, 2.45) is 4.99 Å². The molecular formula is C38H50N6O9S. The average Bonchev–Trinajstić information content (AvgIpc) is 3.17. The van der Waals surface area contributed by atoms with Gasteiger partial charge in [0.2, 0.25) is 0 Å². The lowest BCUT2D eigenvalue weighted by Gasteiger charge is -2.31. The molecule has 15 nitrogen and oxygen atoms in total. The molecule has 0 fully saturated rings. The highest BCUT2D eigenvalue weighted by Gasteiger charge is 2.25. The number of isothiocyanates is 1. The summed E-state index contributed by atoms with van der Waals surface area (Å²) in [5.74, 6) is -2.46. The number of amides is 1. The summed E-state index contributed by atoms with van der Waals surface area (Å²) in [6.07, 6.45) is 3.73. The van der Waals surface area contributed by atoms with Crippen molar-refractivity contribution in [3.8, 4) is 0 Å². The Morgan fingerprint density at radius 1 is 0.778 bits per heavy atom. The van der Waals surface area contributed by atoms with Crippen LogP contribution in [-0.2, 0) is 16.0 Å². The lowest BCUT2D eigenvalue weighted by molar-refractivity contribution is 0.0245. The summed E-state index contributed by atoms with van der Waals surface area (Å²) in [5.41, 5.74) is 2.14. The second-order valence-corrected chi connectivity index (χ2v) is 12.4. The van der Waals surface area contributed by atoms with Crippen LogP contribution < -0.4 is 5.32 Å². The molecule has 0 spiro atoms. The Morgan fingerprint density at radius 2 is 1.43 bits per heavy atom. The van der Waals surface area contributed by atoms with Crippen molar-refractivity contribution in [3.63, 3.8) is 0 Å². The second kappa shape index (κ2) is 25.5. The highest BCUT2D eigenvalue weighted by molar-refractivity contribution is 7.78. The number of hydrogen-bond acceptors (Lipinski definition) is 13. The number of thiocarbonyl (C=S) groups is 1. The summed E-state index contributed by atoms with van der Waals surface area (Å²) in [4.78, 5) is 52.2. The van der Waals surface area contributed by atoms with Gasteiger partial charge < -0.3 is 35.2 Å². The molecule has 1 unspecified atom stereocenters. The van der Waals surface area contributed by atoms with E-state index in [1.54, 1.807) is 36.4 Å². The topological polar surface area (TPSA) is 207 Å². The number of aromatic nitrogens is 2. The summed E-state index contributed by atoms with van der Waals surface area (Å²) in [5, 5.41) is 43.6. The van der Waals surface area contributed by atoms with E-state index in [9.17, 15) is 34.8 Å². The van der Waals surface area contributed by atoms with Crippen LogP contribution in [0.25, 0.3) is 0 Å². The highest BCUT2D eigenvalue weighted by Crippen LogP contribution is 2.28. The van der Waals surface area contributed by atoms with Crippen LogP contribution in [0.15, 0.2) is 65.7 Å². The van der Waals surface area contributed by atoms with E-state index in [4.69, 9.17) is 9.47 Å². The summed E-state index contributed by atoms with van der Waals surface area (Å²) in [6, 6.07) is 16.1. The third kappa shape index (κ3) is 15.8. The summed E-state index contributed by atoms with van der Waals surface area (Å²) >= 11 is 4.57. The lowest BCUT2D eigenvalue weighted by atomic mass is 9.99. The van der Waals surface area contributed by atoms with E-state index in [-0.39, 0.29) is 43.7 Å². The van der Waals surface area contributed by atoms with Crippen molar-refractivity contribution < 1.29 is 44.3 Å². The number of ether oxygens (including phenoxy) is 2. The van der Waals surface area contributed by atoms with Gasteiger partial charge in [0, 0.05) is 51.4 Å². The number of carboxylic acids is 2. The van der Waals surface area contributed by atoms with Gasteiger partial charge in [0.25, 0.3) is 5.91 Å². The van der Waals surface area contributed by atoms with Crippen molar-refractivity contribution >= 4 is 35.2 Å². The van der Waals surface area contributed by atoms with Crippen LogP contribution in [0.5, 0.6) is 0 Å². The number of nitrogens with one attached hydrogen (secondary N) is 1. The molecule has 0 bridgehead atoms. The Hall–Kier alpha value is -4.51. The summed E-state index contributed by atoms with van der Waals surface area (Å²) in [6.45, 7) is 4.03. The summed E-state index contributed by atoms with van der Waals surface area (Å²) < 4.78 is 11.6. The number of benzene rings is 1. The monoisotopic (exact) mass is 766 g/mol. The molecule has 2 aromatic heterocycles. The molecule has 0 aliphatic carbocycles. The first kappa shape index (κ1) is 43.9. The summed E-state index contributed by atoms with van der Waals surface area (Å²) in [7, 11) is 0. The average molecular weight is 767 g/mol. The molecule has 16 heteroatoms. The van der Waals surface area contributed by atoms with Gasteiger partial charge in [0.1, 0.15) is 11.4 Å². The molecular weight excluding hydrogens is 717 g/mol. The standard InChI is InChI=1S/C38H50N6O9S/c45-21-17-43(27-31-7-5-9-33(41-31)37(48)49)19-23-52-25-26-53-24-20-44(18-22-46)35(32-8-6-10-34(42-32)38(50)51)29-11-13-30(14-12-29)36(47)40-16-4-2-1-3-15-39-28-54/h5-14,35,45-46H,1-4,15-27H2,(H,40,47)(H,48,49)(H,50,51). The number of carboxylic acid groups (broad SMARTS) is 2. The van der Waals surface area contributed by atoms with Crippen molar-refractivity contribution in [3.05, 3.63) is 94.6 Å². The van der Waals surface area contributed by atoms with Crippen LogP contribution in [-0.4, -0.2) is 142 Å². The Bertz CT molecular complexity index is 1640. The molecule has 1 amide bonds. The van der Waals surface area contributed by atoms with Crippen LogP contribution in [0, 0.1) is 0 Å². The first-order valence-corrected chi connectivity index (χ1v) is 18.3. The number of aromatic carboxylic acids is 2. The van der Waals surface area contributed by atoms with Crippen LogP contribution in [0.2, 0.25) is 0 Å². The quantitative estimate of drug-likeness (QED) is 0.0409. The minimum Gasteiger partial charge on any atom is -0.477 e. The van der Waals surface area contributed by atoms with E-state index in [2.05, 4.69) is 37.7 Å². The van der Waals surface area contributed by atoms with Gasteiger partial charge in [-0.05, 0) is 67.0 Å². The third-order valence-corrected chi connectivity index (χ3v) is 8.46. The molecule has 1 atom stereocenters. The molecule has 54 heavy (non-hydrogen) atoms. The SMILES string of the molecule is O=C(NCCCCCCN=C=S)c1ccc(C(c2cccc(C(=O)O)n2)N(CCO)CCOCCOCCN(CCO)Cc2cccc(C(=O)O)n2)cc1. The smallest absolute Gasteiger partial charge is 0.354 e. The Balaban J connectivity index is 1.55. The maximum absolute atomic E-state index is 12.8. The van der Waals surface area contributed by atoms with Crippen LogP contribution >= 0.6 is 12.2 Å². The molecule has 0 aliphatic rings. The fourth-order valence-electron chi connectivity index (χ4n) is 5.65. The predicted molar refractivity (Wildman–Crippen MR) is 204 cm³/mol. The molecule has 1 aromatic carbocycles. The molecule has 0 aliphatic heterocycles. The van der Waals surface area contributed by atoms with Gasteiger partial charge in [0.05, 0.1) is 62.2 Å². The van der Waals surface area contributed by atoms with Crippen LogP contribution in [0.3, 0.4) is 0 Å². The Morgan fingerprint density at radius 3 is 2.09 bits per heavy atom. The molecule has 5 N–H and O–H groups in total. The number of aliphatic imine (C=N–C) groups is 1. The minimum atomic E-state index is -1.16. The lowest BCUT2D eigenvalue weighted by Crippen LogP contribution is -2.36. The van der Waals surface area contributed by atoms with E-state index in [0.717, 1.165) is 31.2 Å². The maximum Gasteiger partial charge on any atom is 0.354 e. The normalized spacial score (nSPS) is 11.7. The van der Waals surface area contributed by atoms with Crippen LogP contribution in [0.4, 0.5) is 0 Å². The van der Waals surface area contributed by atoms with E-state index in [0.29, 0.717) is 76.0 Å². The second-order valence-electron chi connectivity index (χ2n) is 12.2. The Kier molecular flexibility index (Phi) is 20.7. The number of unbranched alkanes of at least 4 members (excludes halogenated alkanes) is 3. The number of aliphatic hydroxyl groups excluding tert-OH is 2.